The number of nitrogens with two attached hydrogens (primary N) is 1. The van der Waals surface area contributed by atoms with Gasteiger partial charge in [0.15, 0.2) is 0 Å². The molecule has 0 aromatic carbocycles. The molecule has 2 heteroatoms. The molecule has 0 unspecified atom stereocenters. The summed E-state index contributed by atoms with van der Waals surface area (Å²) in [5, 5.41) is 0. The van der Waals surface area contributed by atoms with Crippen molar-refractivity contribution in [3.63, 3.8) is 0 Å². The van der Waals surface area contributed by atoms with Crippen LogP contribution in [-0.4, -0.2) is 5.91 Å². The van der Waals surface area contributed by atoms with Gasteiger partial charge in [-0.1, -0.05) is 85.0 Å². The Morgan fingerprint density at radius 2 is 1.15 bits per heavy atom. The maximum atomic E-state index is 11.9. The first-order valence-electron chi connectivity index (χ1n) is 8.92. The predicted octanol–water partition coefficient (Wildman–Crippen LogP) is 5.59. The van der Waals surface area contributed by atoms with Gasteiger partial charge in [0, 0.05) is 5.41 Å². The Hall–Kier alpha value is -0.530. The lowest BCUT2D eigenvalue weighted by atomic mass is 9.75. The van der Waals surface area contributed by atoms with Gasteiger partial charge in [-0.15, -0.1) is 0 Å². The monoisotopic (exact) mass is 283 g/mol. The van der Waals surface area contributed by atoms with Gasteiger partial charge in [0.1, 0.15) is 0 Å². The number of hydrogen-bond acceptors (Lipinski definition) is 1. The van der Waals surface area contributed by atoms with Crippen molar-refractivity contribution in [3.8, 4) is 0 Å². The molecule has 120 valence electrons. The molecule has 0 spiro atoms. The molecule has 0 aromatic rings. The van der Waals surface area contributed by atoms with Crippen molar-refractivity contribution in [1.29, 1.82) is 0 Å². The summed E-state index contributed by atoms with van der Waals surface area (Å²) in [6.07, 6.45) is 15.5. The number of amides is 1. The second kappa shape index (κ2) is 12.2. The first-order valence-corrected chi connectivity index (χ1v) is 8.92. The van der Waals surface area contributed by atoms with Crippen LogP contribution >= 0.6 is 0 Å². The predicted molar refractivity (Wildman–Crippen MR) is 88.7 cm³/mol. The van der Waals surface area contributed by atoms with Crippen LogP contribution in [0.5, 0.6) is 0 Å². The summed E-state index contributed by atoms with van der Waals surface area (Å²) in [4.78, 5) is 11.9. The SMILES string of the molecule is CCCCCCCC(CC)(CCCCCCC)C(N)=O. The molecule has 0 fully saturated rings. The van der Waals surface area contributed by atoms with Crippen LogP contribution in [0.2, 0.25) is 0 Å². The highest BCUT2D eigenvalue weighted by Gasteiger charge is 2.33. The van der Waals surface area contributed by atoms with Crippen molar-refractivity contribution in [2.24, 2.45) is 11.1 Å². The summed E-state index contributed by atoms with van der Waals surface area (Å²) in [6, 6.07) is 0. The van der Waals surface area contributed by atoms with E-state index in [0.29, 0.717) is 0 Å². The topological polar surface area (TPSA) is 43.1 Å². The maximum Gasteiger partial charge on any atom is 0.223 e. The summed E-state index contributed by atoms with van der Waals surface area (Å²) < 4.78 is 0. The van der Waals surface area contributed by atoms with E-state index < -0.39 is 0 Å². The molecule has 0 radical (unpaired) electrons. The largest absolute Gasteiger partial charge is 0.369 e. The molecule has 2 N–H and O–H groups in total. The Labute approximate surface area is 126 Å². The van der Waals surface area contributed by atoms with Crippen molar-refractivity contribution < 1.29 is 4.79 Å². The van der Waals surface area contributed by atoms with Gasteiger partial charge in [0.25, 0.3) is 0 Å². The van der Waals surface area contributed by atoms with Crippen LogP contribution < -0.4 is 5.73 Å². The minimum absolute atomic E-state index is 0.0639. The van der Waals surface area contributed by atoms with E-state index in [1.54, 1.807) is 0 Å². The number of unbranched alkanes of at least 4 members (excludes halogenated alkanes) is 8. The second-order valence-corrected chi connectivity index (χ2v) is 6.33. The zero-order valence-corrected chi connectivity index (χ0v) is 14.2. The van der Waals surface area contributed by atoms with E-state index in [1.165, 1.54) is 51.4 Å². The van der Waals surface area contributed by atoms with Crippen molar-refractivity contribution in [2.75, 3.05) is 0 Å². The van der Waals surface area contributed by atoms with Gasteiger partial charge in [-0.05, 0) is 19.3 Å². The fourth-order valence-electron chi connectivity index (χ4n) is 3.03. The van der Waals surface area contributed by atoms with E-state index in [0.717, 1.165) is 32.1 Å². The molecule has 1 amide bonds. The summed E-state index contributed by atoms with van der Waals surface area (Å²) in [7, 11) is 0. The van der Waals surface area contributed by atoms with Crippen LogP contribution in [-0.2, 0) is 4.79 Å². The maximum absolute atomic E-state index is 11.9. The van der Waals surface area contributed by atoms with E-state index in [2.05, 4.69) is 20.8 Å². The lowest BCUT2D eigenvalue weighted by Crippen LogP contribution is -2.36. The van der Waals surface area contributed by atoms with Gasteiger partial charge in [-0.25, -0.2) is 0 Å². The first-order chi connectivity index (χ1) is 9.63. The summed E-state index contributed by atoms with van der Waals surface area (Å²) >= 11 is 0. The van der Waals surface area contributed by atoms with E-state index in [4.69, 9.17) is 5.73 Å². The average Bonchev–Trinajstić information content (AvgIpc) is 2.44. The highest BCUT2D eigenvalue weighted by Crippen LogP contribution is 2.35. The molecule has 0 atom stereocenters. The lowest BCUT2D eigenvalue weighted by Gasteiger charge is -2.29. The molecule has 0 saturated carbocycles. The Morgan fingerprint density at radius 3 is 1.45 bits per heavy atom. The first kappa shape index (κ1) is 19.5. The Morgan fingerprint density at radius 1 is 0.750 bits per heavy atom. The summed E-state index contributed by atoms with van der Waals surface area (Å²) in [5.41, 5.74) is 5.50. The molecule has 0 aliphatic heterocycles. The quantitative estimate of drug-likeness (QED) is 0.415. The number of carbonyl (C=O) groups excluding carboxylic acids is 1. The van der Waals surface area contributed by atoms with Crippen molar-refractivity contribution in [2.45, 2.75) is 104 Å². The smallest absolute Gasteiger partial charge is 0.223 e. The van der Waals surface area contributed by atoms with Crippen LogP contribution in [0.15, 0.2) is 0 Å². The molecule has 2 nitrogen and oxygen atoms in total. The zero-order chi connectivity index (χ0) is 15.3. The highest BCUT2D eigenvalue weighted by molar-refractivity contribution is 5.80. The minimum Gasteiger partial charge on any atom is -0.369 e. The molecule has 20 heavy (non-hydrogen) atoms. The summed E-state index contributed by atoms with van der Waals surface area (Å²) in [6.45, 7) is 6.59. The second-order valence-electron chi connectivity index (χ2n) is 6.33. The van der Waals surface area contributed by atoms with Gasteiger partial charge >= 0.3 is 0 Å². The minimum atomic E-state index is -0.224. The third-order valence-electron chi connectivity index (χ3n) is 4.72. The zero-order valence-electron chi connectivity index (χ0n) is 14.2. The van der Waals surface area contributed by atoms with Crippen LogP contribution in [0.25, 0.3) is 0 Å². The van der Waals surface area contributed by atoms with Crippen molar-refractivity contribution in [1.82, 2.24) is 0 Å². The van der Waals surface area contributed by atoms with Crippen LogP contribution in [0.4, 0.5) is 0 Å². The molecular formula is C18H37NO. The normalized spacial score (nSPS) is 11.8. The molecule has 0 heterocycles. The highest BCUT2D eigenvalue weighted by atomic mass is 16.1. The van der Waals surface area contributed by atoms with Gasteiger partial charge in [0.2, 0.25) is 5.91 Å². The van der Waals surface area contributed by atoms with Gasteiger partial charge in [0.05, 0.1) is 0 Å². The molecular weight excluding hydrogens is 246 g/mol. The van der Waals surface area contributed by atoms with Gasteiger partial charge in [-0.2, -0.15) is 0 Å². The fourth-order valence-corrected chi connectivity index (χ4v) is 3.03. The Kier molecular flexibility index (Phi) is 11.9. The van der Waals surface area contributed by atoms with Crippen molar-refractivity contribution in [3.05, 3.63) is 0 Å². The average molecular weight is 283 g/mol. The molecule has 0 rings (SSSR count). The summed E-state index contributed by atoms with van der Waals surface area (Å²) in [5.74, 6) is -0.0639. The van der Waals surface area contributed by atoms with Gasteiger partial charge < -0.3 is 5.73 Å². The van der Waals surface area contributed by atoms with Gasteiger partial charge in [-0.3, -0.25) is 4.79 Å². The van der Waals surface area contributed by atoms with E-state index in [-0.39, 0.29) is 11.3 Å². The van der Waals surface area contributed by atoms with E-state index in [1.807, 2.05) is 0 Å². The number of rotatable bonds is 14. The van der Waals surface area contributed by atoms with Crippen LogP contribution in [0.1, 0.15) is 104 Å². The molecule has 0 bridgehead atoms. The third-order valence-corrected chi connectivity index (χ3v) is 4.72. The number of hydrogen-bond donors (Lipinski definition) is 1. The van der Waals surface area contributed by atoms with E-state index in [9.17, 15) is 4.79 Å². The third kappa shape index (κ3) is 7.91. The Balaban J connectivity index is 4.11. The van der Waals surface area contributed by atoms with Crippen LogP contribution in [0.3, 0.4) is 0 Å². The molecule has 0 aromatic heterocycles. The molecule has 0 aliphatic carbocycles. The standard InChI is InChI=1S/C18H37NO/c1-4-7-9-11-13-15-18(6-3,17(19)20)16-14-12-10-8-5-2/h4-16H2,1-3H3,(H2,19,20). The van der Waals surface area contributed by atoms with E-state index >= 15 is 0 Å². The molecule has 0 aliphatic rings. The molecule has 0 saturated heterocycles. The number of carbonyl (C=O) groups is 1. The fraction of sp³-hybridized carbons (Fsp3) is 0.944. The number of primary amides is 1. The van der Waals surface area contributed by atoms with Crippen LogP contribution in [0, 0.1) is 5.41 Å². The lowest BCUT2D eigenvalue weighted by molar-refractivity contribution is -0.129. The van der Waals surface area contributed by atoms with Crippen molar-refractivity contribution >= 4 is 5.91 Å². The Bertz CT molecular complexity index is 224.